The van der Waals surface area contributed by atoms with Gasteiger partial charge in [-0.3, -0.25) is 9.59 Å². The summed E-state index contributed by atoms with van der Waals surface area (Å²) < 4.78 is 3.57. The van der Waals surface area contributed by atoms with Gasteiger partial charge in [-0.05, 0) is 30.2 Å². The normalized spacial score (nSPS) is 12.2. The van der Waals surface area contributed by atoms with Crippen LogP contribution < -0.4 is 5.32 Å². The van der Waals surface area contributed by atoms with Crippen molar-refractivity contribution in [3.05, 3.63) is 72.6 Å². The summed E-state index contributed by atoms with van der Waals surface area (Å²) in [6.07, 6.45) is 7.07. The number of amides is 1. The summed E-state index contributed by atoms with van der Waals surface area (Å²) in [6, 6.07) is 10.4. The maximum atomic E-state index is 12.8. The van der Waals surface area contributed by atoms with Crippen molar-refractivity contribution in [3.8, 4) is 0 Å². The Kier molecular flexibility index (Phi) is 5.02. The molecule has 0 bridgehead atoms. The molecule has 0 aliphatic rings. The molecule has 0 fully saturated rings. The number of nitrogens with one attached hydrogen (secondary N) is 1. The molecule has 3 rings (SSSR count). The lowest BCUT2D eigenvalue weighted by Gasteiger charge is -2.22. The third-order valence-electron chi connectivity index (χ3n) is 4.27. The van der Waals surface area contributed by atoms with Crippen LogP contribution in [-0.4, -0.2) is 25.8 Å². The van der Waals surface area contributed by atoms with E-state index in [1.165, 1.54) is 0 Å². The average molecular weight is 350 g/mol. The minimum Gasteiger partial charge on any atom is -0.342 e. The molecule has 0 radical (unpaired) electrons. The second kappa shape index (κ2) is 7.39. The molecule has 26 heavy (non-hydrogen) atoms. The highest BCUT2D eigenvalue weighted by Crippen LogP contribution is 2.21. The summed E-state index contributed by atoms with van der Waals surface area (Å²) in [5, 5.41) is 2.93. The molecule has 0 aliphatic carbocycles. The third-order valence-corrected chi connectivity index (χ3v) is 4.27. The van der Waals surface area contributed by atoms with E-state index in [1.54, 1.807) is 48.3 Å². The van der Waals surface area contributed by atoms with E-state index in [1.807, 2.05) is 42.9 Å². The number of imidazole rings is 1. The number of rotatable bonds is 6. The van der Waals surface area contributed by atoms with Crippen LogP contribution in [0.25, 0.3) is 0 Å². The highest BCUT2D eigenvalue weighted by Gasteiger charge is 2.23. The van der Waals surface area contributed by atoms with E-state index in [0.29, 0.717) is 17.1 Å². The average Bonchev–Trinajstić information content (AvgIpc) is 3.26. The van der Waals surface area contributed by atoms with Gasteiger partial charge in [-0.25, -0.2) is 4.98 Å². The largest absolute Gasteiger partial charge is 0.342 e. The molecule has 2 aromatic heterocycles. The fourth-order valence-corrected chi connectivity index (χ4v) is 2.98. The smallest absolute Gasteiger partial charge is 0.247 e. The molecule has 3 aromatic rings. The Labute approximate surface area is 152 Å². The standard InChI is InChI=1S/C20H22N4O2/c1-14(2)17(24-10-4-5-11-24)20(26)22-16-8-6-7-15(13-16)18(25)19-21-9-12-23(19)3/h4-14,17H,1-3H3,(H,22,26)/t17-/m1/s1. The fraction of sp³-hybridized carbons (Fsp3) is 0.250. The van der Waals surface area contributed by atoms with Gasteiger partial charge in [-0.1, -0.05) is 26.0 Å². The molecule has 1 atom stereocenters. The zero-order valence-electron chi connectivity index (χ0n) is 15.1. The number of hydrogen-bond donors (Lipinski definition) is 1. The second-order valence-electron chi connectivity index (χ2n) is 6.58. The van der Waals surface area contributed by atoms with Crippen LogP contribution in [0.2, 0.25) is 0 Å². The lowest BCUT2D eigenvalue weighted by atomic mass is 10.0. The van der Waals surface area contributed by atoms with Crippen molar-refractivity contribution in [2.45, 2.75) is 19.9 Å². The fourth-order valence-electron chi connectivity index (χ4n) is 2.98. The Bertz CT molecular complexity index is 910. The van der Waals surface area contributed by atoms with Crippen molar-refractivity contribution in [1.29, 1.82) is 0 Å². The van der Waals surface area contributed by atoms with Gasteiger partial charge in [0.1, 0.15) is 6.04 Å². The summed E-state index contributed by atoms with van der Waals surface area (Å²) >= 11 is 0. The predicted molar refractivity (Wildman–Crippen MR) is 100 cm³/mol. The van der Waals surface area contributed by atoms with Crippen LogP contribution in [0, 0.1) is 5.92 Å². The Morgan fingerprint density at radius 1 is 1.08 bits per heavy atom. The van der Waals surface area contributed by atoms with Crippen molar-refractivity contribution >= 4 is 17.4 Å². The molecule has 0 saturated carbocycles. The van der Waals surface area contributed by atoms with Crippen molar-refractivity contribution in [2.75, 3.05) is 5.32 Å². The van der Waals surface area contributed by atoms with Gasteiger partial charge in [-0.15, -0.1) is 0 Å². The number of carbonyl (C=O) groups excluding carboxylic acids is 2. The van der Waals surface area contributed by atoms with Crippen molar-refractivity contribution in [1.82, 2.24) is 14.1 Å². The lowest BCUT2D eigenvalue weighted by molar-refractivity contribution is -0.120. The number of aromatic nitrogens is 3. The SMILES string of the molecule is CC(C)[C@H](C(=O)Nc1cccc(C(=O)c2nccn2C)c1)n1cccc1. The molecular formula is C20H22N4O2. The van der Waals surface area contributed by atoms with Crippen LogP contribution in [0.5, 0.6) is 0 Å². The van der Waals surface area contributed by atoms with Gasteiger partial charge in [0.05, 0.1) is 0 Å². The van der Waals surface area contributed by atoms with Gasteiger partial charge < -0.3 is 14.5 Å². The molecule has 134 valence electrons. The van der Waals surface area contributed by atoms with Crippen LogP contribution in [0.1, 0.15) is 36.1 Å². The number of ketones is 1. The highest BCUT2D eigenvalue weighted by atomic mass is 16.2. The molecule has 0 saturated heterocycles. The first kappa shape index (κ1) is 17.7. The van der Waals surface area contributed by atoms with Crippen molar-refractivity contribution < 1.29 is 9.59 Å². The zero-order valence-corrected chi connectivity index (χ0v) is 15.1. The lowest BCUT2D eigenvalue weighted by Crippen LogP contribution is -2.29. The maximum Gasteiger partial charge on any atom is 0.247 e. The molecule has 0 unspecified atom stereocenters. The topological polar surface area (TPSA) is 68.9 Å². The molecule has 2 heterocycles. The number of anilines is 1. The van der Waals surface area contributed by atoms with Crippen LogP contribution in [0.3, 0.4) is 0 Å². The van der Waals surface area contributed by atoms with Crippen LogP contribution in [-0.2, 0) is 11.8 Å². The van der Waals surface area contributed by atoms with E-state index in [2.05, 4.69) is 10.3 Å². The summed E-state index contributed by atoms with van der Waals surface area (Å²) in [5.41, 5.74) is 1.08. The first-order valence-electron chi connectivity index (χ1n) is 8.53. The highest BCUT2D eigenvalue weighted by molar-refractivity contribution is 6.07. The van der Waals surface area contributed by atoms with Gasteiger partial charge in [-0.2, -0.15) is 0 Å². The number of nitrogens with zero attached hydrogens (tertiary/aromatic N) is 3. The Balaban J connectivity index is 1.81. The molecule has 6 nitrogen and oxygen atoms in total. The molecule has 6 heteroatoms. The number of hydrogen-bond acceptors (Lipinski definition) is 3. The summed E-state index contributed by atoms with van der Waals surface area (Å²) in [5.74, 6) is 0.192. The number of benzene rings is 1. The van der Waals surface area contributed by atoms with E-state index < -0.39 is 0 Å². The molecule has 0 spiro atoms. The monoisotopic (exact) mass is 350 g/mol. The van der Waals surface area contributed by atoms with E-state index >= 15 is 0 Å². The Hall–Kier alpha value is -3.15. The van der Waals surface area contributed by atoms with Crippen LogP contribution in [0.4, 0.5) is 5.69 Å². The van der Waals surface area contributed by atoms with E-state index in [4.69, 9.17) is 0 Å². The van der Waals surface area contributed by atoms with Crippen LogP contribution in [0.15, 0.2) is 61.2 Å². The van der Waals surface area contributed by atoms with E-state index in [0.717, 1.165) is 0 Å². The van der Waals surface area contributed by atoms with Crippen molar-refractivity contribution in [2.24, 2.45) is 13.0 Å². The third kappa shape index (κ3) is 3.59. The van der Waals surface area contributed by atoms with E-state index in [9.17, 15) is 9.59 Å². The van der Waals surface area contributed by atoms with Gasteiger partial charge in [0.25, 0.3) is 0 Å². The maximum absolute atomic E-state index is 12.8. The van der Waals surface area contributed by atoms with Crippen LogP contribution >= 0.6 is 0 Å². The molecule has 1 amide bonds. The molecular weight excluding hydrogens is 328 g/mol. The van der Waals surface area contributed by atoms with Gasteiger partial charge >= 0.3 is 0 Å². The summed E-state index contributed by atoms with van der Waals surface area (Å²) in [6.45, 7) is 4.01. The minimum atomic E-state index is -0.320. The zero-order chi connectivity index (χ0) is 18.7. The van der Waals surface area contributed by atoms with Gasteiger partial charge in [0.15, 0.2) is 5.82 Å². The molecule has 1 aromatic carbocycles. The summed E-state index contributed by atoms with van der Waals surface area (Å²) in [7, 11) is 1.77. The Morgan fingerprint density at radius 2 is 1.81 bits per heavy atom. The number of carbonyl (C=O) groups is 2. The second-order valence-corrected chi connectivity index (χ2v) is 6.58. The minimum absolute atomic E-state index is 0.113. The first-order valence-corrected chi connectivity index (χ1v) is 8.53. The van der Waals surface area contributed by atoms with Gasteiger partial charge in [0.2, 0.25) is 11.7 Å². The molecule has 1 N–H and O–H groups in total. The summed E-state index contributed by atoms with van der Waals surface area (Å²) in [4.78, 5) is 29.5. The van der Waals surface area contributed by atoms with E-state index in [-0.39, 0.29) is 23.7 Å². The quantitative estimate of drug-likeness (QED) is 0.694. The number of aryl methyl sites for hydroxylation is 1. The molecule has 0 aliphatic heterocycles. The predicted octanol–water partition coefficient (Wildman–Crippen LogP) is 3.29. The first-order chi connectivity index (χ1) is 12.5. The van der Waals surface area contributed by atoms with Gasteiger partial charge in [0, 0.05) is 43.1 Å². The Morgan fingerprint density at radius 3 is 2.42 bits per heavy atom. The van der Waals surface area contributed by atoms with Crippen molar-refractivity contribution in [3.63, 3.8) is 0 Å².